The minimum atomic E-state index is -1.86. The topological polar surface area (TPSA) is 54.3 Å². The van der Waals surface area contributed by atoms with Gasteiger partial charge in [0.15, 0.2) is 0 Å². The molecule has 2 aromatic carbocycles. The second kappa shape index (κ2) is 9.36. The summed E-state index contributed by atoms with van der Waals surface area (Å²) in [7, 11) is -1.86. The minimum absolute atomic E-state index is 0.154. The van der Waals surface area contributed by atoms with E-state index in [-0.39, 0.29) is 5.04 Å². The Bertz CT molecular complexity index is 824. The third-order valence-corrected chi connectivity index (χ3v) is 9.53. The van der Waals surface area contributed by atoms with Crippen LogP contribution in [0.15, 0.2) is 42.5 Å². The van der Waals surface area contributed by atoms with Crippen LogP contribution in [0.5, 0.6) is 11.5 Å². The van der Waals surface area contributed by atoms with Crippen LogP contribution in [0.1, 0.15) is 32.8 Å². The van der Waals surface area contributed by atoms with Crippen molar-refractivity contribution in [3.8, 4) is 17.6 Å². The second-order valence-corrected chi connectivity index (χ2v) is 13.4. The van der Waals surface area contributed by atoms with Gasteiger partial charge in [-0.05, 0) is 61.0 Å². The summed E-state index contributed by atoms with van der Waals surface area (Å²) in [6.07, 6.45) is 0.761. The van der Waals surface area contributed by atoms with E-state index in [2.05, 4.69) is 45.3 Å². The predicted molar refractivity (Wildman–Crippen MR) is 120 cm³/mol. The molecule has 0 spiro atoms. The maximum Gasteiger partial charge on any atom is 0.250 e. The van der Waals surface area contributed by atoms with Crippen molar-refractivity contribution >= 4 is 31.3 Å². The Morgan fingerprint density at radius 1 is 1.04 bits per heavy atom. The lowest BCUT2D eigenvalue weighted by Crippen LogP contribution is -2.43. The molecule has 0 bridgehead atoms. The average Bonchev–Trinajstić information content (AvgIpc) is 2.62. The summed E-state index contributed by atoms with van der Waals surface area (Å²) in [6, 6.07) is 15.5. The highest BCUT2D eigenvalue weighted by molar-refractivity contribution is 6.74. The molecule has 4 nitrogen and oxygen atoms in total. The number of anilines is 2. The smallest absolute Gasteiger partial charge is 0.250 e. The first-order chi connectivity index (χ1) is 13.1. The molecule has 28 heavy (non-hydrogen) atoms. The van der Waals surface area contributed by atoms with Crippen LogP contribution in [-0.4, -0.2) is 20.8 Å². The van der Waals surface area contributed by atoms with Gasteiger partial charge in [-0.15, -0.1) is 11.6 Å². The number of nitrogens with zero attached hydrogens (tertiary/aromatic N) is 1. The molecule has 0 amide bonds. The number of hydrogen-bond acceptors (Lipinski definition) is 4. The van der Waals surface area contributed by atoms with Gasteiger partial charge >= 0.3 is 0 Å². The zero-order chi connectivity index (χ0) is 20.8. The van der Waals surface area contributed by atoms with Crippen LogP contribution < -0.4 is 14.5 Å². The molecule has 0 fully saturated rings. The highest BCUT2D eigenvalue weighted by Crippen LogP contribution is 2.37. The van der Waals surface area contributed by atoms with Gasteiger partial charge in [0.1, 0.15) is 11.5 Å². The van der Waals surface area contributed by atoms with Crippen LogP contribution >= 0.6 is 11.6 Å². The maximum absolute atomic E-state index is 9.27. The van der Waals surface area contributed by atoms with Crippen LogP contribution in [-0.2, 0) is 0 Å². The van der Waals surface area contributed by atoms with Crippen molar-refractivity contribution in [2.24, 2.45) is 0 Å². The first-order valence-electron chi connectivity index (χ1n) is 9.45. The lowest BCUT2D eigenvalue weighted by Gasteiger charge is -2.36. The third kappa shape index (κ3) is 6.18. The first kappa shape index (κ1) is 22.1. The van der Waals surface area contributed by atoms with Crippen LogP contribution in [0.4, 0.5) is 11.4 Å². The Balaban J connectivity index is 2.11. The third-order valence-electron chi connectivity index (χ3n) is 4.90. The summed E-state index contributed by atoms with van der Waals surface area (Å²) in [5, 5.41) is 12.7. The van der Waals surface area contributed by atoms with E-state index in [0.29, 0.717) is 23.8 Å². The van der Waals surface area contributed by atoms with E-state index in [1.54, 1.807) is 12.1 Å². The van der Waals surface area contributed by atoms with Gasteiger partial charge in [-0.1, -0.05) is 20.8 Å². The molecule has 0 aliphatic heterocycles. The lowest BCUT2D eigenvalue weighted by atomic mass is 10.2. The zero-order valence-corrected chi connectivity index (χ0v) is 19.1. The van der Waals surface area contributed by atoms with Gasteiger partial charge in [0, 0.05) is 23.3 Å². The van der Waals surface area contributed by atoms with Crippen molar-refractivity contribution in [1.82, 2.24) is 0 Å². The molecule has 0 atom stereocenters. The van der Waals surface area contributed by atoms with Crippen molar-refractivity contribution in [2.75, 3.05) is 17.8 Å². The predicted octanol–water partition coefficient (Wildman–Crippen LogP) is 6.69. The first-order valence-corrected chi connectivity index (χ1v) is 12.9. The molecule has 6 heteroatoms. The second-order valence-electron chi connectivity index (χ2n) is 8.26. The quantitative estimate of drug-likeness (QED) is 0.295. The van der Waals surface area contributed by atoms with Gasteiger partial charge in [-0.3, -0.25) is 0 Å². The fraction of sp³-hybridized carbons (Fsp3) is 0.409. The molecule has 0 saturated heterocycles. The van der Waals surface area contributed by atoms with Crippen molar-refractivity contribution < 1.29 is 9.16 Å². The van der Waals surface area contributed by atoms with Crippen LogP contribution in [0.25, 0.3) is 0 Å². The van der Waals surface area contributed by atoms with Gasteiger partial charge in [-0.25, -0.2) is 0 Å². The van der Waals surface area contributed by atoms with E-state index in [1.807, 2.05) is 30.3 Å². The van der Waals surface area contributed by atoms with E-state index in [1.165, 1.54) is 0 Å². The van der Waals surface area contributed by atoms with Crippen LogP contribution in [0.2, 0.25) is 18.1 Å². The van der Waals surface area contributed by atoms with Gasteiger partial charge in [0.2, 0.25) is 8.32 Å². The number of nitrogens with one attached hydrogen (secondary N) is 1. The number of halogens is 1. The molecule has 1 N–H and O–H groups in total. The van der Waals surface area contributed by atoms with E-state index in [4.69, 9.17) is 20.8 Å². The highest BCUT2D eigenvalue weighted by atomic mass is 35.5. The molecule has 0 aliphatic carbocycles. The van der Waals surface area contributed by atoms with E-state index >= 15 is 0 Å². The summed E-state index contributed by atoms with van der Waals surface area (Å²) >= 11 is 5.69. The Kier molecular flexibility index (Phi) is 7.39. The number of alkyl halides is 1. The fourth-order valence-electron chi connectivity index (χ4n) is 2.28. The number of nitriles is 1. The monoisotopic (exact) mass is 416 g/mol. The van der Waals surface area contributed by atoms with Gasteiger partial charge in [0.25, 0.3) is 0 Å². The largest absolute Gasteiger partial charge is 0.544 e. The molecule has 0 radical (unpaired) electrons. The Hall–Kier alpha value is -2.16. The van der Waals surface area contributed by atoms with Gasteiger partial charge in [-0.2, -0.15) is 5.26 Å². The molecule has 2 rings (SSSR count). The maximum atomic E-state index is 9.27. The van der Waals surface area contributed by atoms with E-state index in [9.17, 15) is 5.26 Å². The average molecular weight is 417 g/mol. The van der Waals surface area contributed by atoms with Crippen LogP contribution in [0.3, 0.4) is 0 Å². The molecular formula is C22H29ClN2O2Si. The summed E-state index contributed by atoms with van der Waals surface area (Å²) in [5.41, 5.74) is 2.27. The molecule has 0 aromatic heterocycles. The standard InChI is InChI=1S/C22H29ClN2O2Si/c1-22(2,3)28(4,5)27-20-9-7-18(8-10-20)25-19-13-17(16-24)14-21(15-19)26-12-6-11-23/h7-10,13-15,25H,6,11-12H2,1-5H3. The fourth-order valence-corrected chi connectivity index (χ4v) is 3.43. The summed E-state index contributed by atoms with van der Waals surface area (Å²) in [5.74, 6) is 2.09. The van der Waals surface area contributed by atoms with E-state index < -0.39 is 8.32 Å². The number of hydrogen-bond donors (Lipinski definition) is 1. The minimum Gasteiger partial charge on any atom is -0.544 e. The van der Waals surface area contributed by atoms with Crippen molar-refractivity contribution in [3.05, 3.63) is 48.0 Å². The SMILES string of the molecule is CC(C)(C)[Si](C)(C)Oc1ccc(Nc2cc(C#N)cc(OCCCCl)c2)cc1. The molecular weight excluding hydrogens is 388 g/mol. The molecule has 150 valence electrons. The van der Waals surface area contributed by atoms with Crippen molar-refractivity contribution in [1.29, 1.82) is 5.26 Å². The van der Waals surface area contributed by atoms with Crippen molar-refractivity contribution in [3.63, 3.8) is 0 Å². The summed E-state index contributed by atoms with van der Waals surface area (Å²) in [4.78, 5) is 0. The Morgan fingerprint density at radius 2 is 1.71 bits per heavy atom. The molecule has 0 aliphatic rings. The van der Waals surface area contributed by atoms with Gasteiger partial charge in [0.05, 0.1) is 18.2 Å². The molecule has 2 aromatic rings. The number of ether oxygens (including phenoxy) is 1. The normalized spacial score (nSPS) is 11.6. The van der Waals surface area contributed by atoms with Crippen LogP contribution in [0, 0.1) is 11.3 Å². The van der Waals surface area contributed by atoms with Crippen molar-refractivity contribution in [2.45, 2.75) is 45.3 Å². The number of rotatable bonds is 8. The molecule has 0 saturated carbocycles. The summed E-state index contributed by atoms with van der Waals surface area (Å²) < 4.78 is 12.0. The molecule has 0 unspecified atom stereocenters. The Labute approximate surface area is 174 Å². The Morgan fingerprint density at radius 3 is 2.29 bits per heavy atom. The van der Waals surface area contributed by atoms with E-state index in [0.717, 1.165) is 23.5 Å². The zero-order valence-electron chi connectivity index (χ0n) is 17.3. The highest BCUT2D eigenvalue weighted by Gasteiger charge is 2.38. The van der Waals surface area contributed by atoms with Gasteiger partial charge < -0.3 is 14.5 Å². The lowest BCUT2D eigenvalue weighted by molar-refractivity contribution is 0.318. The number of benzene rings is 2. The molecule has 0 heterocycles. The summed E-state index contributed by atoms with van der Waals surface area (Å²) in [6.45, 7) is 11.7.